The molecule has 1 aliphatic rings. The third kappa shape index (κ3) is 3.96. The first-order valence-electron chi connectivity index (χ1n) is 9.93. The number of fused-ring (bicyclic) bond motifs is 1. The number of nitrogens with zero attached hydrogens (tertiary/aromatic N) is 1. The number of carbonyl (C=O) groups is 2. The van der Waals surface area contributed by atoms with E-state index < -0.39 is 14.1 Å². The molecule has 1 saturated heterocycles. The van der Waals surface area contributed by atoms with Crippen LogP contribution in [0.25, 0.3) is 11.1 Å². The first-order valence-corrected chi connectivity index (χ1v) is 12.8. The Labute approximate surface area is 171 Å². The summed E-state index contributed by atoms with van der Waals surface area (Å²) in [5, 5.41) is 2.90. The minimum Gasteiger partial charge on any atom is -0.413 e. The number of aromatic nitrogens is 1. The van der Waals surface area contributed by atoms with Crippen LogP contribution in [0.3, 0.4) is 0 Å². The average molecular weight is 419 g/mol. The largest absolute Gasteiger partial charge is 0.419 e. The molecule has 1 aliphatic heterocycles. The van der Waals surface area contributed by atoms with Crippen LogP contribution in [0.1, 0.15) is 44.5 Å². The van der Waals surface area contributed by atoms with E-state index in [9.17, 15) is 14.4 Å². The lowest BCUT2D eigenvalue weighted by molar-refractivity contribution is -0.139. The van der Waals surface area contributed by atoms with Gasteiger partial charge in [0.25, 0.3) is 0 Å². The molecule has 1 aromatic heterocycles. The zero-order valence-corrected chi connectivity index (χ0v) is 19.2. The molecule has 7 nitrogen and oxygen atoms in total. The summed E-state index contributed by atoms with van der Waals surface area (Å²) >= 11 is 0. The highest BCUT2D eigenvalue weighted by atomic mass is 28.4. The van der Waals surface area contributed by atoms with Crippen LogP contribution in [0.4, 0.5) is 0 Å². The summed E-state index contributed by atoms with van der Waals surface area (Å²) in [7, 11) is -0.417. The van der Waals surface area contributed by atoms with E-state index in [2.05, 4.69) is 39.2 Å². The smallest absolute Gasteiger partial charge is 0.413 e. The summed E-state index contributed by atoms with van der Waals surface area (Å²) in [5.74, 6) is -0.959. The minimum atomic E-state index is -2.02. The minimum absolute atomic E-state index is 0.0444. The maximum Gasteiger partial charge on any atom is 0.419 e. The van der Waals surface area contributed by atoms with Gasteiger partial charge in [-0.3, -0.25) is 14.2 Å². The van der Waals surface area contributed by atoms with Crippen LogP contribution in [-0.4, -0.2) is 36.7 Å². The Morgan fingerprint density at radius 3 is 2.55 bits per heavy atom. The highest BCUT2D eigenvalue weighted by molar-refractivity contribution is 6.74. The molecule has 1 unspecified atom stereocenters. The number of carbonyl (C=O) groups excluding carboxylic acids is 2. The number of oxazole rings is 1. The topological polar surface area (TPSA) is 90.5 Å². The van der Waals surface area contributed by atoms with Gasteiger partial charge in [-0.2, -0.15) is 0 Å². The monoisotopic (exact) mass is 418 g/mol. The van der Waals surface area contributed by atoms with E-state index in [1.165, 1.54) is 4.57 Å². The molecule has 1 fully saturated rings. The van der Waals surface area contributed by atoms with Gasteiger partial charge in [0.2, 0.25) is 5.91 Å². The standard InChI is InChI=1S/C21H30N2O5Si/c1-12(28-29(6,7)21(2,3)4)18-14(22-19(18)25)11-16(24)13-8-9-17-15(10-13)23(5)20(26)27-17/h8-10,12,14,18H,11H2,1-7H3,(H,22,25)/t12?,14-,18-/m1/s1. The Kier molecular flexibility index (Phi) is 5.38. The average Bonchev–Trinajstić information content (AvgIpc) is 2.86. The number of Topliss-reactive ketones (excluding diaryl/α,β-unsaturated/α-hetero) is 1. The second kappa shape index (κ2) is 7.25. The molecule has 2 heterocycles. The number of nitrogens with one attached hydrogen (secondary N) is 1. The van der Waals surface area contributed by atoms with Crippen molar-refractivity contribution in [2.24, 2.45) is 13.0 Å². The maximum atomic E-state index is 12.8. The van der Waals surface area contributed by atoms with Gasteiger partial charge < -0.3 is 14.2 Å². The van der Waals surface area contributed by atoms with E-state index in [0.29, 0.717) is 16.7 Å². The van der Waals surface area contributed by atoms with Crippen LogP contribution in [0.15, 0.2) is 27.4 Å². The van der Waals surface area contributed by atoms with Crippen LogP contribution >= 0.6 is 0 Å². The zero-order chi connectivity index (χ0) is 21.7. The van der Waals surface area contributed by atoms with E-state index in [4.69, 9.17) is 8.84 Å². The number of aryl methyl sites for hydroxylation is 1. The Bertz CT molecular complexity index is 1010. The van der Waals surface area contributed by atoms with E-state index >= 15 is 0 Å². The van der Waals surface area contributed by atoms with Gasteiger partial charge in [-0.15, -0.1) is 0 Å². The fourth-order valence-corrected chi connectivity index (χ4v) is 4.94. The first-order chi connectivity index (χ1) is 13.3. The Morgan fingerprint density at radius 2 is 1.97 bits per heavy atom. The molecule has 0 saturated carbocycles. The number of benzene rings is 1. The van der Waals surface area contributed by atoms with E-state index in [1.54, 1.807) is 25.2 Å². The zero-order valence-electron chi connectivity index (χ0n) is 18.2. The van der Waals surface area contributed by atoms with Crippen molar-refractivity contribution in [3.05, 3.63) is 34.3 Å². The fraction of sp³-hybridized carbons (Fsp3) is 0.571. The molecule has 8 heteroatoms. The first kappa shape index (κ1) is 21.5. The number of amides is 1. The highest BCUT2D eigenvalue weighted by Gasteiger charge is 2.47. The third-order valence-electron chi connectivity index (χ3n) is 6.38. The molecular weight excluding hydrogens is 388 g/mol. The van der Waals surface area contributed by atoms with Crippen LogP contribution in [-0.2, 0) is 16.3 Å². The third-order valence-corrected chi connectivity index (χ3v) is 10.9. The summed E-state index contributed by atoms with van der Waals surface area (Å²) in [6.45, 7) is 12.7. The summed E-state index contributed by atoms with van der Waals surface area (Å²) in [4.78, 5) is 36.7. The van der Waals surface area contributed by atoms with E-state index in [0.717, 1.165) is 0 Å². The van der Waals surface area contributed by atoms with Crippen molar-refractivity contribution in [2.45, 2.75) is 64.4 Å². The molecule has 3 atom stereocenters. The van der Waals surface area contributed by atoms with Crippen LogP contribution in [0, 0.1) is 5.92 Å². The molecule has 1 N–H and O–H groups in total. The van der Waals surface area contributed by atoms with Crippen LogP contribution < -0.4 is 11.1 Å². The molecule has 0 spiro atoms. The second-order valence-electron chi connectivity index (χ2n) is 9.46. The van der Waals surface area contributed by atoms with Crippen molar-refractivity contribution >= 4 is 31.1 Å². The van der Waals surface area contributed by atoms with Crippen molar-refractivity contribution < 1.29 is 18.4 Å². The lowest BCUT2D eigenvalue weighted by atomic mass is 9.82. The number of rotatable bonds is 6. The normalized spacial score (nSPS) is 21.0. The van der Waals surface area contributed by atoms with E-state index in [-0.39, 0.29) is 41.2 Å². The quantitative estimate of drug-likeness (QED) is 0.442. The van der Waals surface area contributed by atoms with Gasteiger partial charge in [-0.05, 0) is 43.3 Å². The van der Waals surface area contributed by atoms with Crippen LogP contribution in [0.2, 0.25) is 18.1 Å². The Hall–Kier alpha value is -2.19. The molecule has 0 radical (unpaired) electrons. The number of hydrogen-bond donors (Lipinski definition) is 1. The number of β-lactam (4-membered cyclic amide) rings is 1. The van der Waals surface area contributed by atoms with Gasteiger partial charge in [0.15, 0.2) is 19.7 Å². The van der Waals surface area contributed by atoms with Crippen molar-refractivity contribution in [2.75, 3.05) is 0 Å². The molecule has 1 aromatic carbocycles. The molecule has 158 valence electrons. The number of ketones is 1. The molecule has 0 aliphatic carbocycles. The van der Waals surface area contributed by atoms with Gasteiger partial charge in [0.1, 0.15) is 0 Å². The van der Waals surface area contributed by atoms with Gasteiger partial charge in [0, 0.05) is 19.0 Å². The molecule has 1 amide bonds. The molecule has 29 heavy (non-hydrogen) atoms. The molecule has 0 bridgehead atoms. The molecule has 2 aromatic rings. The van der Waals surface area contributed by atoms with Crippen molar-refractivity contribution in [3.8, 4) is 0 Å². The summed E-state index contributed by atoms with van der Waals surface area (Å²) in [6, 6.07) is 4.69. The second-order valence-corrected chi connectivity index (χ2v) is 14.2. The van der Waals surface area contributed by atoms with Gasteiger partial charge in [-0.1, -0.05) is 20.8 Å². The Morgan fingerprint density at radius 1 is 1.31 bits per heavy atom. The van der Waals surface area contributed by atoms with Crippen molar-refractivity contribution in [1.29, 1.82) is 0 Å². The lowest BCUT2D eigenvalue weighted by Crippen LogP contribution is -2.64. The summed E-state index contributed by atoms with van der Waals surface area (Å²) in [6.07, 6.45) is -0.0570. The van der Waals surface area contributed by atoms with Gasteiger partial charge in [-0.25, -0.2) is 4.79 Å². The van der Waals surface area contributed by atoms with Crippen molar-refractivity contribution in [3.63, 3.8) is 0 Å². The molecular formula is C21H30N2O5Si. The number of hydrogen-bond acceptors (Lipinski definition) is 5. The van der Waals surface area contributed by atoms with E-state index in [1.807, 2.05) is 6.92 Å². The molecule has 3 rings (SSSR count). The summed E-state index contributed by atoms with van der Waals surface area (Å²) in [5.41, 5.74) is 1.51. The van der Waals surface area contributed by atoms with Crippen molar-refractivity contribution in [1.82, 2.24) is 9.88 Å². The van der Waals surface area contributed by atoms with Gasteiger partial charge >= 0.3 is 5.76 Å². The van der Waals surface area contributed by atoms with Gasteiger partial charge in [0.05, 0.1) is 23.6 Å². The van der Waals surface area contributed by atoms with Crippen LogP contribution in [0.5, 0.6) is 0 Å². The predicted molar refractivity (Wildman–Crippen MR) is 114 cm³/mol. The summed E-state index contributed by atoms with van der Waals surface area (Å²) < 4.78 is 12.9. The SMILES string of the molecule is CC(O[Si](C)(C)C(C)(C)C)[C@H]1C(=O)N[C@@H]1CC(=O)c1ccc2oc(=O)n(C)c2c1. The maximum absolute atomic E-state index is 12.8. The predicted octanol–water partition coefficient (Wildman–Crippen LogP) is 3.23. The lowest BCUT2D eigenvalue weighted by Gasteiger charge is -2.45. The Balaban J connectivity index is 1.73. The highest BCUT2D eigenvalue weighted by Crippen LogP contribution is 2.39. The fourth-order valence-electron chi connectivity index (χ4n) is 3.51.